The Morgan fingerprint density at radius 2 is 1.91 bits per heavy atom. The second-order valence-electron chi connectivity index (χ2n) is 7.71. The van der Waals surface area contributed by atoms with E-state index in [9.17, 15) is 9.90 Å². The summed E-state index contributed by atoms with van der Waals surface area (Å²) in [6.45, 7) is 0. The molecule has 5 rings (SSSR count). The molecule has 1 saturated heterocycles. The third-order valence-electron chi connectivity index (χ3n) is 5.31. The van der Waals surface area contributed by atoms with Crippen molar-refractivity contribution in [2.75, 3.05) is 9.74 Å². The van der Waals surface area contributed by atoms with Gasteiger partial charge in [-0.05, 0) is 22.6 Å². The first-order valence-electron chi connectivity index (χ1n) is 10.5. The van der Waals surface area contributed by atoms with Crippen molar-refractivity contribution < 1.29 is 9.90 Å². The Hall–Kier alpha value is -2.53. The number of anilines is 1. The zero-order chi connectivity index (χ0) is 22.8. The second kappa shape index (κ2) is 9.76. The van der Waals surface area contributed by atoms with Gasteiger partial charge in [0.05, 0.1) is 0 Å². The van der Waals surface area contributed by atoms with Crippen molar-refractivity contribution >= 4 is 69.9 Å². The van der Waals surface area contributed by atoms with E-state index in [1.54, 1.807) is 12.3 Å². The number of halogens is 2. The zero-order valence-corrected chi connectivity index (χ0v) is 21.9. The molecule has 1 amide bonds. The van der Waals surface area contributed by atoms with Gasteiger partial charge in [-0.15, -0.1) is 0 Å². The number of hydrogen-bond acceptors (Lipinski definition) is 4. The van der Waals surface area contributed by atoms with Crippen LogP contribution in [0.1, 0.15) is 22.5 Å². The van der Waals surface area contributed by atoms with Crippen molar-refractivity contribution in [3.8, 4) is 0 Å². The maximum atomic E-state index is 12.7. The molecule has 2 aromatic carbocycles. The van der Waals surface area contributed by atoms with Gasteiger partial charge in [0.2, 0.25) is 0 Å². The van der Waals surface area contributed by atoms with E-state index in [1.807, 2.05) is 72.8 Å². The summed E-state index contributed by atoms with van der Waals surface area (Å²) in [6.07, 6.45) is 9.68. The topological polar surface area (TPSA) is 75.1 Å². The van der Waals surface area contributed by atoms with Gasteiger partial charge in [-0.25, -0.2) is 0 Å². The number of amides is 1. The van der Waals surface area contributed by atoms with Crippen LogP contribution in [0.25, 0.3) is 15.7 Å². The summed E-state index contributed by atoms with van der Waals surface area (Å²) in [5.74, 6) is 0.836. The Morgan fingerprint density at radius 3 is 2.70 bits per heavy atom. The van der Waals surface area contributed by atoms with Gasteiger partial charge in [0.15, 0.2) is 0 Å². The average molecular weight is 661 g/mol. The number of carbonyl (C=O) groups excluding carboxylic acids is 1. The monoisotopic (exact) mass is 661 g/mol. The van der Waals surface area contributed by atoms with E-state index in [1.165, 1.54) is 3.58 Å². The average Bonchev–Trinajstić information content (AvgIpc) is 3.63. The Bertz CT molecular complexity index is 1280. The van der Waals surface area contributed by atoms with Gasteiger partial charge in [-0.3, -0.25) is 0 Å². The summed E-state index contributed by atoms with van der Waals surface area (Å²) >= 11 is 0.864. The molecule has 0 radical (unpaired) electrons. The summed E-state index contributed by atoms with van der Waals surface area (Å²) < 4.78 is 3.81. The van der Waals surface area contributed by atoms with Crippen molar-refractivity contribution in [3.63, 3.8) is 0 Å². The fourth-order valence-corrected chi connectivity index (χ4v) is 9.98. The Kier molecular flexibility index (Phi) is 6.59. The van der Waals surface area contributed by atoms with Crippen LogP contribution in [0.15, 0.2) is 78.7 Å². The van der Waals surface area contributed by atoms with Crippen LogP contribution >= 0.6 is 42.4 Å². The van der Waals surface area contributed by atoms with Gasteiger partial charge in [0.1, 0.15) is 0 Å². The Morgan fingerprint density at radius 1 is 1.12 bits per heavy atom. The zero-order valence-electron chi connectivity index (χ0n) is 17.6. The van der Waals surface area contributed by atoms with Gasteiger partial charge >= 0.3 is 192 Å². The summed E-state index contributed by atoms with van der Waals surface area (Å²) in [5, 5.41) is 12.9. The van der Waals surface area contributed by atoms with Gasteiger partial charge in [-0.2, -0.15) is 0 Å². The van der Waals surface area contributed by atoms with Gasteiger partial charge in [0, 0.05) is 0 Å². The van der Waals surface area contributed by atoms with E-state index < -0.39 is 19.8 Å². The minimum atomic E-state index is -1.38. The van der Waals surface area contributed by atoms with E-state index in [2.05, 4.69) is 32.9 Å². The molecule has 1 atom stereocenters. The summed E-state index contributed by atoms with van der Waals surface area (Å²) in [7, 11) is 0. The first-order chi connectivity index (χ1) is 16.1. The molecule has 5 nitrogen and oxygen atoms in total. The predicted octanol–water partition coefficient (Wildman–Crippen LogP) is 6.12. The molecule has 1 unspecified atom stereocenters. The van der Waals surface area contributed by atoms with E-state index in [0.717, 1.165) is 24.8 Å². The number of fused-ring (bicyclic) bond motifs is 1. The summed E-state index contributed by atoms with van der Waals surface area (Å²) in [4.78, 5) is 22.2. The molecule has 2 N–H and O–H groups in total. The third kappa shape index (κ3) is 5.35. The van der Waals surface area contributed by atoms with Crippen LogP contribution in [-0.4, -0.2) is 29.3 Å². The van der Waals surface area contributed by atoms with Crippen molar-refractivity contribution in [1.29, 1.82) is 0 Å². The molecule has 0 saturated carbocycles. The molecular weight excluding hydrogens is 640 g/mol. The minimum absolute atomic E-state index is 0.129. The van der Waals surface area contributed by atoms with Crippen molar-refractivity contribution in [2.45, 2.75) is 10.3 Å². The maximum absolute atomic E-state index is 12.7. The molecule has 3 heterocycles. The van der Waals surface area contributed by atoms with Crippen LogP contribution in [0.3, 0.4) is 0 Å². The Balaban J connectivity index is 1.42. The molecule has 1 fully saturated rings. The number of nitrogens with one attached hydrogen (secondary N) is 1. The number of aromatic nitrogens is 2. The van der Waals surface area contributed by atoms with Crippen molar-refractivity contribution in [1.82, 2.24) is 9.97 Å². The number of aliphatic hydroxyl groups excluding tert-OH is 1. The van der Waals surface area contributed by atoms with Crippen molar-refractivity contribution in [3.05, 3.63) is 105 Å². The second-order valence-corrected chi connectivity index (χ2v) is 14.8. The summed E-state index contributed by atoms with van der Waals surface area (Å²) in [5.41, 5.74) is 3.46. The molecule has 3 aromatic rings. The van der Waals surface area contributed by atoms with E-state index in [4.69, 9.17) is 4.98 Å². The molecule has 1 aromatic heterocycles. The number of alkyl halides is 2. The molecule has 7 heteroatoms. The number of allylic oxidation sites excluding steroid dienone is 3. The molecule has 0 aliphatic carbocycles. The first-order valence-corrected chi connectivity index (χ1v) is 15.4. The molecule has 2 aliphatic rings. The van der Waals surface area contributed by atoms with Gasteiger partial charge < -0.3 is 0 Å². The van der Waals surface area contributed by atoms with Crippen LogP contribution in [0.4, 0.5) is 5.82 Å². The fourth-order valence-electron chi connectivity index (χ4n) is 3.54. The number of nitrogens with zero attached hydrogens (tertiary/aromatic N) is 2. The predicted molar refractivity (Wildman–Crippen MR) is 150 cm³/mol. The number of benzene rings is 2. The van der Waals surface area contributed by atoms with Gasteiger partial charge in [-0.1, -0.05) is 0 Å². The number of rotatable bonds is 6. The molecule has 166 valence electrons. The van der Waals surface area contributed by atoms with Gasteiger partial charge in [0.25, 0.3) is 0 Å². The molecule has 2 aliphatic heterocycles. The fraction of sp³-hybridized carbons (Fsp3) is 0.115. The molecular formula is C26H21I2N3O2. The van der Waals surface area contributed by atoms with Crippen LogP contribution in [0.5, 0.6) is 0 Å². The Labute approximate surface area is 213 Å². The van der Waals surface area contributed by atoms with E-state index in [0.29, 0.717) is 21.2 Å². The SMILES string of the molecule is O=C(Cc1ccc(I)cc1)Nc1ncc(C2=CC=C(O)C3CI23)nc1/C=C/c1ccccc1. The van der Waals surface area contributed by atoms with Crippen LogP contribution in [0.2, 0.25) is 0 Å². The normalized spacial score (nSPS) is 17.8. The molecule has 0 bridgehead atoms. The van der Waals surface area contributed by atoms with Crippen molar-refractivity contribution in [2.24, 2.45) is 0 Å². The van der Waals surface area contributed by atoms with Crippen LogP contribution < -0.4 is 5.32 Å². The van der Waals surface area contributed by atoms with E-state index in [-0.39, 0.29) is 12.3 Å². The van der Waals surface area contributed by atoms with Crippen LogP contribution in [-0.2, 0) is 11.2 Å². The number of hydrogen-bond donors (Lipinski definition) is 2. The first kappa shape index (κ1) is 22.3. The number of carbonyl (C=O) groups is 1. The van der Waals surface area contributed by atoms with E-state index >= 15 is 0 Å². The molecule has 0 spiro atoms. The standard InChI is InChI=1S/C26H21I2N3O2/c27-19-9-6-18(7-10-19)14-25(33)31-26-22(12-8-17-4-2-1-3-5-17)30-23(16-29-26)20-11-13-24(32)21-15-28(20)21/h1-13,16,21,32H,14-15H2,(H,29,31,33)/b12-8+. The summed E-state index contributed by atoms with van der Waals surface area (Å²) in [6, 6.07) is 17.9. The third-order valence-corrected chi connectivity index (χ3v) is 12.0. The van der Waals surface area contributed by atoms with Crippen LogP contribution in [0, 0.1) is 3.57 Å². The molecule has 33 heavy (non-hydrogen) atoms. The quantitative estimate of drug-likeness (QED) is 0.247. The number of aliphatic hydroxyl groups is 1.